The molecule has 4 rings (SSSR count). The Morgan fingerprint density at radius 3 is 2.48 bits per heavy atom. The van der Waals surface area contributed by atoms with Gasteiger partial charge >= 0.3 is 0 Å². The van der Waals surface area contributed by atoms with E-state index in [-0.39, 0.29) is 6.79 Å². The first-order valence-electron chi connectivity index (χ1n) is 10.0. The van der Waals surface area contributed by atoms with Crippen LogP contribution in [-0.2, 0) is 19.7 Å². The minimum atomic E-state index is 0.271. The summed E-state index contributed by atoms with van der Waals surface area (Å²) >= 11 is 12.8. The SMILES string of the molecule is CCOc1cc(CNCc2ccc3c(c2)OCO3)c(Cl)cc1OCc1ccccc1Cl. The Bertz CT molecular complexity index is 1060. The third-order valence-corrected chi connectivity index (χ3v) is 5.56. The van der Waals surface area contributed by atoms with Crippen molar-refractivity contribution in [2.75, 3.05) is 13.4 Å². The van der Waals surface area contributed by atoms with Gasteiger partial charge in [0.15, 0.2) is 23.0 Å². The molecule has 31 heavy (non-hydrogen) atoms. The van der Waals surface area contributed by atoms with Crippen LogP contribution in [0.2, 0.25) is 10.0 Å². The lowest BCUT2D eigenvalue weighted by atomic mass is 10.1. The molecule has 0 amide bonds. The fourth-order valence-corrected chi connectivity index (χ4v) is 3.67. The number of fused-ring (bicyclic) bond motifs is 1. The molecule has 1 aliphatic heterocycles. The third kappa shape index (κ3) is 5.37. The smallest absolute Gasteiger partial charge is 0.231 e. The zero-order chi connectivity index (χ0) is 21.6. The van der Waals surface area contributed by atoms with Crippen LogP contribution in [0.3, 0.4) is 0 Å². The van der Waals surface area contributed by atoms with E-state index < -0.39 is 0 Å². The molecule has 0 bridgehead atoms. The Balaban J connectivity index is 1.42. The van der Waals surface area contributed by atoms with Gasteiger partial charge in [-0.05, 0) is 42.3 Å². The van der Waals surface area contributed by atoms with Crippen LogP contribution < -0.4 is 24.3 Å². The molecule has 3 aromatic rings. The fraction of sp³-hybridized carbons (Fsp3) is 0.250. The largest absolute Gasteiger partial charge is 0.490 e. The Morgan fingerprint density at radius 2 is 1.65 bits per heavy atom. The van der Waals surface area contributed by atoms with Crippen molar-refractivity contribution in [1.29, 1.82) is 0 Å². The molecule has 5 nitrogen and oxygen atoms in total. The Hall–Kier alpha value is -2.60. The van der Waals surface area contributed by atoms with Crippen molar-refractivity contribution in [3.63, 3.8) is 0 Å². The molecular weight excluding hydrogens is 437 g/mol. The van der Waals surface area contributed by atoms with Gasteiger partial charge in [0.2, 0.25) is 6.79 Å². The topological polar surface area (TPSA) is 49.0 Å². The van der Waals surface area contributed by atoms with Gasteiger partial charge in [-0.1, -0.05) is 47.5 Å². The lowest BCUT2D eigenvalue weighted by Crippen LogP contribution is -2.13. The molecule has 0 unspecified atom stereocenters. The number of hydrogen-bond donors (Lipinski definition) is 1. The lowest BCUT2D eigenvalue weighted by molar-refractivity contribution is 0.174. The summed E-state index contributed by atoms with van der Waals surface area (Å²) in [6.07, 6.45) is 0. The van der Waals surface area contributed by atoms with E-state index >= 15 is 0 Å². The number of hydrogen-bond acceptors (Lipinski definition) is 5. The zero-order valence-electron chi connectivity index (χ0n) is 17.1. The molecule has 0 aliphatic carbocycles. The van der Waals surface area contributed by atoms with Gasteiger partial charge in [-0.3, -0.25) is 0 Å². The van der Waals surface area contributed by atoms with Crippen molar-refractivity contribution in [2.45, 2.75) is 26.6 Å². The fourth-order valence-electron chi connectivity index (χ4n) is 3.26. The summed E-state index contributed by atoms with van der Waals surface area (Å²) in [5, 5.41) is 4.68. The maximum atomic E-state index is 6.53. The maximum absolute atomic E-state index is 6.53. The van der Waals surface area contributed by atoms with Crippen LogP contribution in [0.5, 0.6) is 23.0 Å². The van der Waals surface area contributed by atoms with Crippen LogP contribution in [-0.4, -0.2) is 13.4 Å². The van der Waals surface area contributed by atoms with E-state index in [1.54, 1.807) is 6.07 Å². The van der Waals surface area contributed by atoms with E-state index in [2.05, 4.69) is 5.32 Å². The summed E-state index contributed by atoms with van der Waals surface area (Å²) in [4.78, 5) is 0. The molecule has 7 heteroatoms. The van der Waals surface area contributed by atoms with Crippen molar-refractivity contribution >= 4 is 23.2 Å². The lowest BCUT2D eigenvalue weighted by Gasteiger charge is -2.16. The second-order valence-electron chi connectivity index (χ2n) is 6.99. The van der Waals surface area contributed by atoms with E-state index in [0.717, 1.165) is 28.2 Å². The third-order valence-electron chi connectivity index (χ3n) is 4.84. The van der Waals surface area contributed by atoms with Crippen molar-refractivity contribution in [1.82, 2.24) is 5.32 Å². The molecule has 0 spiro atoms. The van der Waals surface area contributed by atoms with Gasteiger partial charge < -0.3 is 24.3 Å². The summed E-state index contributed by atoms with van der Waals surface area (Å²) in [6, 6.07) is 17.2. The highest BCUT2D eigenvalue weighted by Crippen LogP contribution is 2.35. The van der Waals surface area contributed by atoms with E-state index in [1.165, 1.54) is 0 Å². The molecule has 0 saturated heterocycles. The van der Waals surface area contributed by atoms with Crippen LogP contribution in [0, 0.1) is 0 Å². The molecular formula is C24H23Cl2NO4. The summed E-state index contributed by atoms with van der Waals surface area (Å²) in [7, 11) is 0. The number of ether oxygens (including phenoxy) is 4. The number of rotatable bonds is 9. The number of halogens is 2. The molecule has 162 valence electrons. The highest BCUT2D eigenvalue weighted by atomic mass is 35.5. The van der Waals surface area contributed by atoms with Gasteiger partial charge in [-0.15, -0.1) is 0 Å². The molecule has 0 fully saturated rings. The Morgan fingerprint density at radius 1 is 0.839 bits per heavy atom. The molecule has 0 atom stereocenters. The monoisotopic (exact) mass is 459 g/mol. The maximum Gasteiger partial charge on any atom is 0.231 e. The van der Waals surface area contributed by atoms with Crippen molar-refractivity contribution < 1.29 is 18.9 Å². The van der Waals surface area contributed by atoms with Crippen LogP contribution >= 0.6 is 23.2 Å². The van der Waals surface area contributed by atoms with Crippen LogP contribution in [0.1, 0.15) is 23.6 Å². The van der Waals surface area contributed by atoms with Crippen LogP contribution in [0.25, 0.3) is 0 Å². The molecule has 3 aromatic carbocycles. The molecule has 0 saturated carbocycles. The highest BCUT2D eigenvalue weighted by molar-refractivity contribution is 6.31. The molecule has 0 aromatic heterocycles. The van der Waals surface area contributed by atoms with Crippen LogP contribution in [0.4, 0.5) is 0 Å². The molecule has 1 heterocycles. The average Bonchev–Trinajstić information content (AvgIpc) is 3.24. The van der Waals surface area contributed by atoms with E-state index in [9.17, 15) is 0 Å². The summed E-state index contributed by atoms with van der Waals surface area (Å²) in [5.74, 6) is 2.79. The van der Waals surface area contributed by atoms with Crippen LogP contribution in [0.15, 0.2) is 54.6 Å². The highest BCUT2D eigenvalue weighted by Gasteiger charge is 2.14. The summed E-state index contributed by atoms with van der Waals surface area (Å²) in [6.45, 7) is 4.31. The van der Waals surface area contributed by atoms with Crippen molar-refractivity contribution in [3.8, 4) is 23.0 Å². The van der Waals surface area contributed by atoms with E-state index in [1.807, 2.05) is 55.5 Å². The molecule has 1 N–H and O–H groups in total. The van der Waals surface area contributed by atoms with Gasteiger partial charge in [-0.2, -0.15) is 0 Å². The molecule has 0 radical (unpaired) electrons. The van der Waals surface area contributed by atoms with E-state index in [0.29, 0.717) is 47.8 Å². The predicted octanol–water partition coefficient (Wildman–Crippen LogP) is 5.99. The minimum Gasteiger partial charge on any atom is -0.490 e. The first-order chi connectivity index (χ1) is 15.1. The Kier molecular flexibility index (Phi) is 7.07. The van der Waals surface area contributed by atoms with Gasteiger partial charge in [0, 0.05) is 34.8 Å². The van der Waals surface area contributed by atoms with Gasteiger partial charge in [0.25, 0.3) is 0 Å². The average molecular weight is 460 g/mol. The zero-order valence-corrected chi connectivity index (χ0v) is 18.6. The number of nitrogens with one attached hydrogen (secondary N) is 1. The van der Waals surface area contributed by atoms with Gasteiger partial charge in [-0.25, -0.2) is 0 Å². The second kappa shape index (κ2) is 10.1. The normalized spacial score (nSPS) is 12.1. The second-order valence-corrected chi connectivity index (χ2v) is 7.81. The minimum absolute atomic E-state index is 0.271. The summed E-state index contributed by atoms with van der Waals surface area (Å²) in [5.41, 5.74) is 2.93. The first kappa shape index (κ1) is 21.6. The standard InChI is InChI=1S/C24H23Cl2NO4/c1-2-28-23-10-18(13-27-12-16-7-8-21-22(9-16)31-15-30-21)20(26)11-24(23)29-14-17-5-3-4-6-19(17)25/h3-11,27H,2,12-15H2,1H3. The molecule has 1 aliphatic rings. The predicted molar refractivity (Wildman–Crippen MR) is 122 cm³/mol. The van der Waals surface area contributed by atoms with Crippen molar-refractivity contribution in [2.24, 2.45) is 0 Å². The number of benzene rings is 3. The Labute approximate surface area is 191 Å². The summed E-state index contributed by atoms with van der Waals surface area (Å²) < 4.78 is 22.5. The van der Waals surface area contributed by atoms with Gasteiger partial charge in [0.1, 0.15) is 6.61 Å². The quantitative estimate of drug-likeness (QED) is 0.425. The van der Waals surface area contributed by atoms with Gasteiger partial charge in [0.05, 0.1) is 6.61 Å². The van der Waals surface area contributed by atoms with Crippen molar-refractivity contribution in [3.05, 3.63) is 81.3 Å². The van der Waals surface area contributed by atoms with E-state index in [4.69, 9.17) is 42.1 Å². The first-order valence-corrected chi connectivity index (χ1v) is 10.8.